The summed E-state index contributed by atoms with van der Waals surface area (Å²) in [5.74, 6) is 0.315. The van der Waals surface area contributed by atoms with E-state index in [2.05, 4.69) is 10.2 Å². The summed E-state index contributed by atoms with van der Waals surface area (Å²) in [6.45, 7) is 3.91. The number of nitrogens with zero attached hydrogens (tertiary/aromatic N) is 2. The number of piperidine rings is 1. The quantitative estimate of drug-likeness (QED) is 0.892. The second-order valence-electron chi connectivity index (χ2n) is 5.99. The molecule has 2 aliphatic rings. The zero-order valence-electron chi connectivity index (χ0n) is 13.3. The van der Waals surface area contributed by atoms with Crippen LogP contribution in [0.25, 0.3) is 0 Å². The summed E-state index contributed by atoms with van der Waals surface area (Å²) in [5.41, 5.74) is 0.847. The molecule has 6 heteroatoms. The fraction of sp³-hybridized carbons (Fsp3) is 0.529. The van der Waals surface area contributed by atoms with Gasteiger partial charge in [0, 0.05) is 18.0 Å². The fourth-order valence-corrected chi connectivity index (χ4v) is 4.00. The monoisotopic (exact) mass is 333 g/mol. The Bertz CT molecular complexity index is 573. The maximum Gasteiger partial charge on any atom is 0.240 e. The molecule has 1 aromatic rings. The molecule has 3 rings (SSSR count). The van der Waals surface area contributed by atoms with Gasteiger partial charge in [0.2, 0.25) is 11.8 Å². The van der Waals surface area contributed by atoms with Gasteiger partial charge < -0.3 is 15.1 Å². The van der Waals surface area contributed by atoms with Crippen molar-refractivity contribution in [3.05, 3.63) is 24.3 Å². The van der Waals surface area contributed by atoms with Crippen LogP contribution in [-0.2, 0) is 9.59 Å². The van der Waals surface area contributed by atoms with Gasteiger partial charge in [0.1, 0.15) is 6.54 Å². The predicted octanol–water partition coefficient (Wildman–Crippen LogP) is 1.73. The van der Waals surface area contributed by atoms with Gasteiger partial charge in [-0.1, -0.05) is 18.6 Å². The van der Waals surface area contributed by atoms with E-state index in [4.69, 9.17) is 0 Å². The minimum absolute atomic E-state index is 0.000111. The molecule has 0 bridgehead atoms. The molecule has 1 saturated heterocycles. The molecule has 0 aromatic heterocycles. The first-order valence-corrected chi connectivity index (χ1v) is 9.24. The third-order valence-corrected chi connectivity index (χ3v) is 5.36. The van der Waals surface area contributed by atoms with Gasteiger partial charge in [0.25, 0.3) is 0 Å². The molecule has 1 aromatic carbocycles. The number of hydrogen-bond acceptors (Lipinski definition) is 4. The van der Waals surface area contributed by atoms with Crippen molar-refractivity contribution in [3.63, 3.8) is 0 Å². The van der Waals surface area contributed by atoms with Gasteiger partial charge in [0.15, 0.2) is 0 Å². The molecule has 124 valence electrons. The minimum atomic E-state index is -0.0861. The summed E-state index contributed by atoms with van der Waals surface area (Å²) >= 11 is 1.53. The number of amides is 2. The topological polar surface area (TPSA) is 52.7 Å². The zero-order chi connectivity index (χ0) is 16.1. The van der Waals surface area contributed by atoms with E-state index in [1.54, 1.807) is 4.90 Å². The minimum Gasteiger partial charge on any atom is -0.353 e. The lowest BCUT2D eigenvalue weighted by atomic mass is 10.1. The van der Waals surface area contributed by atoms with Crippen molar-refractivity contribution in [2.24, 2.45) is 0 Å². The standard InChI is InChI=1S/C17H23N3O2S/c21-16(18-8-11-19-9-4-1-5-10-19)12-20-14-6-2-3-7-15(14)23-13-17(20)22/h2-3,6-7H,1,4-5,8-13H2,(H,18,21). The van der Waals surface area contributed by atoms with Crippen molar-refractivity contribution >= 4 is 29.3 Å². The van der Waals surface area contributed by atoms with Gasteiger partial charge in [-0.15, -0.1) is 11.8 Å². The second-order valence-corrected chi connectivity index (χ2v) is 7.01. The van der Waals surface area contributed by atoms with E-state index in [9.17, 15) is 9.59 Å². The van der Waals surface area contributed by atoms with Crippen molar-refractivity contribution < 1.29 is 9.59 Å². The van der Waals surface area contributed by atoms with E-state index in [1.807, 2.05) is 24.3 Å². The molecule has 1 N–H and O–H groups in total. The van der Waals surface area contributed by atoms with Gasteiger partial charge in [-0.05, 0) is 38.1 Å². The van der Waals surface area contributed by atoms with E-state index in [1.165, 1.54) is 31.0 Å². The Hall–Kier alpha value is -1.53. The second kappa shape index (κ2) is 7.84. The smallest absolute Gasteiger partial charge is 0.240 e. The number of nitrogens with one attached hydrogen (secondary N) is 1. The number of carbonyl (C=O) groups excluding carboxylic acids is 2. The van der Waals surface area contributed by atoms with Gasteiger partial charge in [0.05, 0.1) is 11.4 Å². The highest BCUT2D eigenvalue weighted by molar-refractivity contribution is 8.00. The van der Waals surface area contributed by atoms with E-state index >= 15 is 0 Å². The van der Waals surface area contributed by atoms with E-state index in [0.717, 1.165) is 30.2 Å². The number of thioether (sulfide) groups is 1. The van der Waals surface area contributed by atoms with E-state index in [-0.39, 0.29) is 18.4 Å². The third-order valence-electron chi connectivity index (χ3n) is 4.31. The van der Waals surface area contributed by atoms with Crippen molar-refractivity contribution in [2.75, 3.05) is 43.4 Å². The molecule has 2 amide bonds. The van der Waals surface area contributed by atoms with Crippen LogP contribution in [-0.4, -0.2) is 55.2 Å². The number of anilines is 1. The van der Waals surface area contributed by atoms with Crippen molar-refractivity contribution in [2.45, 2.75) is 24.2 Å². The molecule has 23 heavy (non-hydrogen) atoms. The van der Waals surface area contributed by atoms with Crippen molar-refractivity contribution in [1.82, 2.24) is 10.2 Å². The van der Waals surface area contributed by atoms with Crippen LogP contribution >= 0.6 is 11.8 Å². The molecule has 2 aliphatic heterocycles. The number of benzene rings is 1. The zero-order valence-corrected chi connectivity index (χ0v) is 14.1. The van der Waals surface area contributed by atoms with Crippen LogP contribution in [0, 0.1) is 0 Å². The Morgan fingerprint density at radius 1 is 1.17 bits per heavy atom. The molecule has 0 atom stereocenters. The molecule has 0 spiro atoms. The number of para-hydroxylation sites is 1. The Labute approximate surface area is 141 Å². The van der Waals surface area contributed by atoms with Gasteiger partial charge in [-0.3, -0.25) is 9.59 Å². The summed E-state index contributed by atoms with van der Waals surface area (Å²) in [5, 5.41) is 2.95. The summed E-state index contributed by atoms with van der Waals surface area (Å²) < 4.78 is 0. The molecule has 0 saturated carbocycles. The lowest BCUT2D eigenvalue weighted by Gasteiger charge is -2.29. The van der Waals surface area contributed by atoms with Gasteiger partial charge >= 0.3 is 0 Å². The molecule has 0 unspecified atom stereocenters. The lowest BCUT2D eigenvalue weighted by molar-refractivity contribution is -0.123. The number of carbonyl (C=O) groups is 2. The van der Waals surface area contributed by atoms with Crippen LogP contribution in [0.3, 0.4) is 0 Å². The predicted molar refractivity (Wildman–Crippen MR) is 92.8 cm³/mol. The summed E-state index contributed by atoms with van der Waals surface area (Å²) in [6, 6.07) is 7.76. The molecular weight excluding hydrogens is 310 g/mol. The van der Waals surface area contributed by atoms with Crippen LogP contribution in [0.5, 0.6) is 0 Å². The summed E-state index contributed by atoms with van der Waals surface area (Å²) in [6.07, 6.45) is 3.83. The number of rotatable bonds is 5. The van der Waals surface area contributed by atoms with Crippen molar-refractivity contribution in [3.8, 4) is 0 Å². The summed E-state index contributed by atoms with van der Waals surface area (Å²) in [7, 11) is 0. The van der Waals surface area contributed by atoms with Crippen molar-refractivity contribution in [1.29, 1.82) is 0 Å². The van der Waals surface area contributed by atoms with Crippen LogP contribution < -0.4 is 10.2 Å². The SMILES string of the molecule is O=C(CN1C(=O)CSc2ccccc21)NCCN1CCCCC1. The highest BCUT2D eigenvalue weighted by atomic mass is 32.2. The first kappa shape index (κ1) is 16.3. The average Bonchev–Trinajstić information content (AvgIpc) is 2.58. The van der Waals surface area contributed by atoms with Gasteiger partial charge in [-0.25, -0.2) is 0 Å². The van der Waals surface area contributed by atoms with E-state index < -0.39 is 0 Å². The summed E-state index contributed by atoms with van der Waals surface area (Å²) in [4.78, 5) is 29.4. The molecule has 2 heterocycles. The van der Waals surface area contributed by atoms with Crippen LogP contribution in [0.2, 0.25) is 0 Å². The van der Waals surface area contributed by atoms with Crippen LogP contribution in [0.4, 0.5) is 5.69 Å². The van der Waals surface area contributed by atoms with Crippen LogP contribution in [0.15, 0.2) is 29.2 Å². The number of likely N-dealkylation sites (tertiary alicyclic amines) is 1. The lowest BCUT2D eigenvalue weighted by Crippen LogP contribution is -2.45. The Morgan fingerprint density at radius 2 is 1.96 bits per heavy atom. The molecule has 0 radical (unpaired) electrons. The normalized spacial score (nSPS) is 18.6. The van der Waals surface area contributed by atoms with Crippen LogP contribution in [0.1, 0.15) is 19.3 Å². The maximum absolute atomic E-state index is 12.2. The highest BCUT2D eigenvalue weighted by Gasteiger charge is 2.26. The molecule has 1 fully saturated rings. The maximum atomic E-state index is 12.2. The molecular formula is C17H23N3O2S. The van der Waals surface area contributed by atoms with E-state index in [0.29, 0.717) is 12.3 Å². The highest BCUT2D eigenvalue weighted by Crippen LogP contribution is 2.34. The Kier molecular flexibility index (Phi) is 5.56. The molecule has 0 aliphatic carbocycles. The number of fused-ring (bicyclic) bond motifs is 1. The fourth-order valence-electron chi connectivity index (χ4n) is 3.06. The largest absolute Gasteiger partial charge is 0.353 e. The molecule has 5 nitrogen and oxygen atoms in total. The average molecular weight is 333 g/mol. The third kappa shape index (κ3) is 4.26. The first-order valence-electron chi connectivity index (χ1n) is 8.25. The first-order chi connectivity index (χ1) is 11.2. The van der Waals surface area contributed by atoms with Gasteiger partial charge in [-0.2, -0.15) is 0 Å². The Morgan fingerprint density at radius 3 is 2.78 bits per heavy atom. The number of hydrogen-bond donors (Lipinski definition) is 1. The Balaban J connectivity index is 1.50.